The molecule has 4 rings (SSSR count). The van der Waals surface area contributed by atoms with E-state index in [1.807, 2.05) is 18.2 Å². The molecule has 3 aromatic carbocycles. The van der Waals surface area contributed by atoms with Crippen molar-refractivity contribution >= 4 is 41.4 Å². The Labute approximate surface area is 260 Å². The molecule has 0 radical (unpaired) electrons. The second kappa shape index (κ2) is 16.2. The first-order valence-corrected chi connectivity index (χ1v) is 17.6. The van der Waals surface area contributed by atoms with Crippen LogP contribution in [0.2, 0.25) is 0 Å². The molecule has 0 heterocycles. The van der Waals surface area contributed by atoms with E-state index in [0.717, 1.165) is 12.7 Å². The number of carbonyl (C=O) groups is 3. The molecule has 0 saturated heterocycles. The van der Waals surface area contributed by atoms with Gasteiger partial charge in [-0.1, -0.05) is 54.6 Å². The summed E-state index contributed by atoms with van der Waals surface area (Å²) in [6.07, 6.45) is 3.33. The molecular formula is C33H38ClO9P. The molecule has 0 aromatic heterocycles. The monoisotopic (exact) mass is 644 g/mol. The van der Waals surface area contributed by atoms with Gasteiger partial charge in [0.2, 0.25) is 0 Å². The van der Waals surface area contributed by atoms with Gasteiger partial charge in [-0.3, -0.25) is 9.59 Å². The van der Waals surface area contributed by atoms with Gasteiger partial charge in [0.25, 0.3) is 0 Å². The first-order valence-electron chi connectivity index (χ1n) is 14.5. The van der Waals surface area contributed by atoms with Crippen LogP contribution < -0.4 is 34.5 Å². The molecule has 0 amide bonds. The van der Waals surface area contributed by atoms with E-state index in [0.29, 0.717) is 12.8 Å². The number of aldehydes is 1. The van der Waals surface area contributed by atoms with Gasteiger partial charge in [-0.05, 0) is 75.9 Å². The maximum atomic E-state index is 13.9. The Hall–Kier alpha value is -3.17. The molecule has 44 heavy (non-hydrogen) atoms. The topological polar surface area (TPSA) is 162 Å². The summed E-state index contributed by atoms with van der Waals surface area (Å²) >= 11 is 0. The molecule has 3 aromatic rings. The number of hydrogen-bond donors (Lipinski definition) is 0. The molecule has 0 N–H and O–H groups in total. The van der Waals surface area contributed by atoms with Crippen LogP contribution in [-0.2, 0) is 23.9 Å². The minimum Gasteiger partial charge on any atom is -0.465 e. The van der Waals surface area contributed by atoms with Gasteiger partial charge in [0, 0.05) is 12.3 Å². The van der Waals surface area contributed by atoms with E-state index in [4.69, 9.17) is 28.1 Å². The molecule has 1 aliphatic carbocycles. The molecule has 9 nitrogen and oxygen atoms in total. The molecule has 1 saturated carbocycles. The second-order valence-electron chi connectivity index (χ2n) is 10.3. The zero-order valence-corrected chi connectivity index (χ0v) is 26.5. The third-order valence-corrected chi connectivity index (χ3v) is 13.0. The number of carbonyl (C=O) groups excluding carboxylic acids is 3. The molecule has 1 aliphatic rings. The van der Waals surface area contributed by atoms with Crippen LogP contribution in [0.15, 0.2) is 91.0 Å². The van der Waals surface area contributed by atoms with E-state index < -0.39 is 34.9 Å². The van der Waals surface area contributed by atoms with Crippen molar-refractivity contribution in [1.29, 1.82) is 0 Å². The molecule has 11 heteroatoms. The normalized spacial score (nSPS) is 16.5. The highest BCUT2D eigenvalue weighted by Gasteiger charge is 2.68. The van der Waals surface area contributed by atoms with E-state index in [-0.39, 0.29) is 37.6 Å². The van der Waals surface area contributed by atoms with Crippen LogP contribution in [0.5, 0.6) is 0 Å². The minimum absolute atomic E-state index is 0.00902. The molecule has 2 atom stereocenters. The average molecular weight is 645 g/mol. The molecule has 1 fully saturated rings. The number of halogens is 1. The second-order valence-corrected chi connectivity index (χ2v) is 14.7. The Morgan fingerprint density at radius 2 is 1.16 bits per heavy atom. The fourth-order valence-electron chi connectivity index (χ4n) is 6.29. The van der Waals surface area contributed by atoms with E-state index in [2.05, 4.69) is 72.8 Å². The van der Waals surface area contributed by atoms with Crippen LogP contribution in [0.4, 0.5) is 0 Å². The molecule has 2 unspecified atom stereocenters. The first-order chi connectivity index (χ1) is 21.1. The van der Waals surface area contributed by atoms with Crippen molar-refractivity contribution in [2.75, 3.05) is 13.2 Å². The third kappa shape index (κ3) is 7.91. The number of unbranched alkanes of at least 4 members (excludes halogenated alkanes) is 1. The average Bonchev–Trinajstić information content (AvgIpc) is 2.99. The van der Waals surface area contributed by atoms with Crippen LogP contribution in [0.3, 0.4) is 0 Å². The number of ether oxygens (including phenoxy) is 2. The lowest BCUT2D eigenvalue weighted by Gasteiger charge is -2.50. The summed E-state index contributed by atoms with van der Waals surface area (Å²) in [5, 5.41) is 3.64. The largest absolute Gasteiger partial charge is 0.465 e. The van der Waals surface area contributed by atoms with E-state index in [1.165, 1.54) is 15.9 Å². The predicted molar refractivity (Wildman–Crippen MR) is 157 cm³/mol. The van der Waals surface area contributed by atoms with Gasteiger partial charge in [0.05, 0.1) is 18.9 Å². The number of hydrogen-bond acceptors (Lipinski definition) is 9. The number of rotatable bonds is 13. The smallest absolute Gasteiger partial charge is 0.323 e. The van der Waals surface area contributed by atoms with Gasteiger partial charge in [-0.25, -0.2) is 18.6 Å². The zero-order chi connectivity index (χ0) is 32.2. The first kappa shape index (κ1) is 35.3. The van der Waals surface area contributed by atoms with Gasteiger partial charge < -0.3 is 14.3 Å². The summed E-state index contributed by atoms with van der Waals surface area (Å²) in [6.45, 7) is 3.85. The molecule has 0 aliphatic heterocycles. The standard InChI is InChI=1S/C33H38O5P.ClHO4/c1-3-37-31(35)33(24-14-15-25-34,32(36)38-4-2)29-22-23-30(29)39(26-16-8-5-9-17-26,27-18-10-6-11-19-27)28-20-12-7-13-21-28;2-1(3,4)5/h5-13,16-21,25,29-30H,3-4,14-15,22-24H2,1-2H3;(H,2,3,4,5)/q+1;/p-1. The van der Waals surface area contributed by atoms with Gasteiger partial charge in [-0.15, -0.1) is 10.2 Å². The van der Waals surface area contributed by atoms with Crippen molar-refractivity contribution in [3.8, 4) is 0 Å². The zero-order valence-electron chi connectivity index (χ0n) is 24.8. The molecule has 0 spiro atoms. The quantitative estimate of drug-likeness (QED) is 0.0847. The number of esters is 2. The molecular weight excluding hydrogens is 607 g/mol. The van der Waals surface area contributed by atoms with Crippen LogP contribution in [0.25, 0.3) is 0 Å². The maximum absolute atomic E-state index is 13.9. The lowest BCUT2D eigenvalue weighted by molar-refractivity contribution is -2.00. The van der Waals surface area contributed by atoms with E-state index in [1.54, 1.807) is 13.8 Å². The lowest BCUT2D eigenvalue weighted by atomic mass is 9.62. The van der Waals surface area contributed by atoms with Crippen LogP contribution >= 0.6 is 7.26 Å². The third-order valence-electron chi connectivity index (χ3n) is 8.03. The van der Waals surface area contributed by atoms with Crippen molar-refractivity contribution in [1.82, 2.24) is 0 Å². The van der Waals surface area contributed by atoms with Crippen LogP contribution in [-0.4, -0.2) is 37.1 Å². The highest BCUT2D eigenvalue weighted by molar-refractivity contribution is 7.96. The van der Waals surface area contributed by atoms with Crippen molar-refractivity contribution in [3.05, 3.63) is 91.0 Å². The van der Waals surface area contributed by atoms with Crippen molar-refractivity contribution in [3.63, 3.8) is 0 Å². The summed E-state index contributed by atoms with van der Waals surface area (Å²) in [5.74, 6) is -1.36. The summed E-state index contributed by atoms with van der Waals surface area (Å²) in [7, 11) is -7.30. The number of benzene rings is 3. The molecule has 236 valence electrons. The van der Waals surface area contributed by atoms with Crippen molar-refractivity contribution in [2.45, 2.75) is 51.6 Å². The van der Waals surface area contributed by atoms with Crippen LogP contribution in [0.1, 0.15) is 46.0 Å². The van der Waals surface area contributed by atoms with Crippen molar-refractivity contribution < 1.29 is 52.7 Å². The van der Waals surface area contributed by atoms with Gasteiger partial charge in [-0.2, -0.15) is 0 Å². The fourth-order valence-corrected chi connectivity index (χ4v) is 11.7. The van der Waals surface area contributed by atoms with Gasteiger partial charge in [0.1, 0.15) is 29.5 Å². The van der Waals surface area contributed by atoms with Crippen molar-refractivity contribution in [2.24, 2.45) is 11.3 Å². The Morgan fingerprint density at radius 3 is 1.45 bits per heavy atom. The summed E-state index contributed by atoms with van der Waals surface area (Å²) in [6, 6.07) is 31.6. The summed E-state index contributed by atoms with van der Waals surface area (Å²) in [4.78, 5) is 39.1. The van der Waals surface area contributed by atoms with Gasteiger partial charge in [0.15, 0.2) is 5.41 Å². The van der Waals surface area contributed by atoms with E-state index in [9.17, 15) is 14.4 Å². The Balaban J connectivity index is 0.000000978. The van der Waals surface area contributed by atoms with Crippen LogP contribution in [0, 0.1) is 21.6 Å². The highest BCUT2D eigenvalue weighted by atomic mass is 35.7. The Morgan fingerprint density at radius 1 is 0.773 bits per heavy atom. The fraction of sp³-hybridized carbons (Fsp3) is 0.364. The summed E-state index contributed by atoms with van der Waals surface area (Å²) in [5.41, 5.74) is -1.46. The summed E-state index contributed by atoms with van der Waals surface area (Å²) < 4.78 is 45.2. The lowest BCUT2D eigenvalue weighted by Crippen LogP contribution is -2.68. The Kier molecular flexibility index (Phi) is 13.0. The van der Waals surface area contributed by atoms with Gasteiger partial charge >= 0.3 is 11.9 Å². The SMILES string of the molecule is CCOC(=O)C(CCCC=O)(C(=O)OCC)C1CCC1[P+](c1ccccc1)(c1ccccc1)c1ccccc1.[O-][Cl+3]([O-])([O-])[O-]. The Bertz CT molecular complexity index is 1210. The highest BCUT2D eigenvalue weighted by Crippen LogP contribution is 2.70. The predicted octanol–water partition coefficient (Wildman–Crippen LogP) is 0.485. The maximum Gasteiger partial charge on any atom is 0.323 e. The van der Waals surface area contributed by atoms with E-state index >= 15 is 0 Å². The molecule has 0 bridgehead atoms. The minimum atomic E-state index is -4.94.